The van der Waals surface area contributed by atoms with Crippen molar-refractivity contribution in [1.82, 2.24) is 0 Å². The largest absolute Gasteiger partial charge is 0.395 e. The average molecular weight is 210 g/mol. The lowest BCUT2D eigenvalue weighted by molar-refractivity contribution is 0.190. The summed E-state index contributed by atoms with van der Waals surface area (Å²) >= 11 is 5.74. The molecule has 0 saturated heterocycles. The third kappa shape index (κ3) is 2.73. The van der Waals surface area contributed by atoms with Crippen molar-refractivity contribution in [1.29, 1.82) is 5.26 Å². The van der Waals surface area contributed by atoms with Gasteiger partial charge in [0.25, 0.3) is 0 Å². The van der Waals surface area contributed by atoms with Crippen molar-refractivity contribution in [3.63, 3.8) is 0 Å². The number of hydrogen-bond acceptors (Lipinski definition) is 2. The van der Waals surface area contributed by atoms with E-state index in [0.29, 0.717) is 11.4 Å². The highest BCUT2D eigenvalue weighted by atomic mass is 35.5. The van der Waals surface area contributed by atoms with Crippen LogP contribution in [-0.4, -0.2) is 11.7 Å². The predicted molar refractivity (Wildman–Crippen MR) is 56.0 cm³/mol. The van der Waals surface area contributed by atoms with E-state index in [-0.39, 0.29) is 6.61 Å². The van der Waals surface area contributed by atoms with Gasteiger partial charge in [-0.3, -0.25) is 0 Å². The van der Waals surface area contributed by atoms with Gasteiger partial charge >= 0.3 is 0 Å². The Balaban J connectivity index is 2.79. The number of halogens is 1. The van der Waals surface area contributed by atoms with Crippen LogP contribution < -0.4 is 0 Å². The van der Waals surface area contributed by atoms with Crippen molar-refractivity contribution in [2.75, 3.05) is 6.61 Å². The van der Waals surface area contributed by atoms with Crippen molar-refractivity contribution in [2.24, 2.45) is 5.41 Å². The fourth-order valence-corrected chi connectivity index (χ4v) is 1.31. The third-order valence-electron chi connectivity index (χ3n) is 2.13. The Morgan fingerprint density at radius 3 is 2.43 bits per heavy atom. The molecule has 2 nitrogen and oxygen atoms in total. The molecule has 0 radical (unpaired) electrons. The van der Waals surface area contributed by atoms with E-state index in [9.17, 15) is 0 Å². The van der Waals surface area contributed by atoms with Gasteiger partial charge in [0.2, 0.25) is 0 Å². The van der Waals surface area contributed by atoms with Gasteiger partial charge in [-0.25, -0.2) is 0 Å². The zero-order valence-corrected chi connectivity index (χ0v) is 8.75. The molecular weight excluding hydrogens is 198 g/mol. The lowest BCUT2D eigenvalue weighted by atomic mass is 9.86. The molecule has 1 rings (SSSR count). The standard InChI is InChI=1S/C11H12ClNO/c1-11(7-13,8-14)6-9-2-4-10(12)5-3-9/h2-5,14H,6,8H2,1H3. The van der Waals surface area contributed by atoms with Crippen molar-refractivity contribution in [3.8, 4) is 6.07 Å². The SMILES string of the molecule is CC(C#N)(CO)Cc1ccc(Cl)cc1. The highest BCUT2D eigenvalue weighted by Crippen LogP contribution is 2.21. The topological polar surface area (TPSA) is 44.0 Å². The first-order valence-electron chi connectivity index (χ1n) is 4.36. The Hall–Kier alpha value is -1.04. The van der Waals surface area contributed by atoms with E-state index in [1.165, 1.54) is 0 Å². The van der Waals surface area contributed by atoms with Crippen LogP contribution >= 0.6 is 11.6 Å². The van der Waals surface area contributed by atoms with E-state index in [1.54, 1.807) is 19.1 Å². The highest BCUT2D eigenvalue weighted by molar-refractivity contribution is 6.30. The van der Waals surface area contributed by atoms with Gasteiger partial charge < -0.3 is 5.11 Å². The van der Waals surface area contributed by atoms with E-state index in [4.69, 9.17) is 22.0 Å². The number of nitrogens with zero attached hydrogens (tertiary/aromatic N) is 1. The summed E-state index contributed by atoms with van der Waals surface area (Å²) in [5, 5.41) is 18.6. The van der Waals surface area contributed by atoms with E-state index in [1.807, 2.05) is 12.1 Å². The van der Waals surface area contributed by atoms with Gasteiger partial charge in [-0.15, -0.1) is 0 Å². The summed E-state index contributed by atoms with van der Waals surface area (Å²) in [6, 6.07) is 9.41. The van der Waals surface area contributed by atoms with Gasteiger partial charge in [0.15, 0.2) is 0 Å². The van der Waals surface area contributed by atoms with Crippen LogP contribution in [0.5, 0.6) is 0 Å². The van der Waals surface area contributed by atoms with Crippen molar-refractivity contribution in [2.45, 2.75) is 13.3 Å². The minimum absolute atomic E-state index is 0.133. The minimum atomic E-state index is -0.701. The second-order valence-electron chi connectivity index (χ2n) is 3.63. The van der Waals surface area contributed by atoms with Crippen LogP contribution in [0.3, 0.4) is 0 Å². The molecule has 0 aliphatic heterocycles. The summed E-state index contributed by atoms with van der Waals surface area (Å²) in [4.78, 5) is 0. The zero-order valence-electron chi connectivity index (χ0n) is 8.00. The summed E-state index contributed by atoms with van der Waals surface area (Å²) in [6.07, 6.45) is 0.539. The summed E-state index contributed by atoms with van der Waals surface area (Å²) in [7, 11) is 0. The van der Waals surface area contributed by atoms with Crippen LogP contribution in [0.1, 0.15) is 12.5 Å². The molecule has 1 N–H and O–H groups in total. The molecule has 1 aromatic rings. The molecule has 1 unspecified atom stereocenters. The first-order valence-corrected chi connectivity index (χ1v) is 4.74. The average Bonchev–Trinajstić information content (AvgIpc) is 2.21. The highest BCUT2D eigenvalue weighted by Gasteiger charge is 2.22. The zero-order chi connectivity index (χ0) is 10.6. The Bertz CT molecular complexity index is 341. The van der Waals surface area contributed by atoms with Crippen LogP contribution in [-0.2, 0) is 6.42 Å². The first-order chi connectivity index (χ1) is 6.59. The molecule has 0 heterocycles. The molecule has 0 saturated carbocycles. The molecule has 0 aliphatic carbocycles. The van der Waals surface area contributed by atoms with E-state index < -0.39 is 5.41 Å². The van der Waals surface area contributed by atoms with Gasteiger partial charge in [0, 0.05) is 5.02 Å². The van der Waals surface area contributed by atoms with E-state index >= 15 is 0 Å². The van der Waals surface area contributed by atoms with E-state index in [0.717, 1.165) is 5.56 Å². The second kappa shape index (κ2) is 4.45. The monoisotopic (exact) mass is 209 g/mol. The maximum absolute atomic E-state index is 9.05. The van der Waals surface area contributed by atoms with Crippen molar-refractivity contribution < 1.29 is 5.11 Å². The summed E-state index contributed by atoms with van der Waals surface area (Å²) in [5.74, 6) is 0. The molecule has 1 atom stereocenters. The molecule has 74 valence electrons. The predicted octanol–water partition coefficient (Wildman–Crippen LogP) is 2.40. The molecule has 0 aromatic heterocycles. The molecule has 0 fully saturated rings. The Morgan fingerprint density at radius 2 is 2.00 bits per heavy atom. The quantitative estimate of drug-likeness (QED) is 0.831. The smallest absolute Gasteiger partial charge is 0.0816 e. The first kappa shape index (κ1) is 11.0. The van der Waals surface area contributed by atoms with Crippen molar-refractivity contribution >= 4 is 11.6 Å². The lowest BCUT2D eigenvalue weighted by Crippen LogP contribution is -2.21. The molecule has 0 bridgehead atoms. The molecular formula is C11H12ClNO. The fourth-order valence-electron chi connectivity index (χ4n) is 1.18. The molecule has 0 spiro atoms. The number of aliphatic hydroxyl groups excluding tert-OH is 1. The number of aliphatic hydroxyl groups is 1. The van der Waals surface area contributed by atoms with Crippen molar-refractivity contribution in [3.05, 3.63) is 34.9 Å². The van der Waals surface area contributed by atoms with Crippen LogP contribution in [0.25, 0.3) is 0 Å². The minimum Gasteiger partial charge on any atom is -0.395 e. The van der Waals surface area contributed by atoms with Crippen LogP contribution in [0.4, 0.5) is 0 Å². The summed E-state index contributed by atoms with van der Waals surface area (Å²) in [6.45, 7) is 1.60. The Morgan fingerprint density at radius 1 is 1.43 bits per heavy atom. The lowest BCUT2D eigenvalue weighted by Gasteiger charge is -2.17. The fraction of sp³-hybridized carbons (Fsp3) is 0.364. The van der Waals surface area contributed by atoms with Crippen LogP contribution in [0.2, 0.25) is 5.02 Å². The number of hydrogen-bond donors (Lipinski definition) is 1. The summed E-state index contributed by atoms with van der Waals surface area (Å²) in [5.41, 5.74) is 0.306. The molecule has 0 aliphatic rings. The van der Waals surface area contributed by atoms with Gasteiger partial charge in [0.05, 0.1) is 18.1 Å². The number of benzene rings is 1. The molecule has 3 heteroatoms. The molecule has 14 heavy (non-hydrogen) atoms. The maximum atomic E-state index is 9.05. The summed E-state index contributed by atoms with van der Waals surface area (Å²) < 4.78 is 0. The number of nitriles is 1. The second-order valence-corrected chi connectivity index (χ2v) is 4.07. The van der Waals surface area contributed by atoms with Gasteiger partial charge in [-0.2, -0.15) is 5.26 Å². The van der Waals surface area contributed by atoms with Crippen LogP contribution in [0, 0.1) is 16.7 Å². The van der Waals surface area contributed by atoms with Gasteiger partial charge in [-0.05, 0) is 31.0 Å². The Labute approximate surface area is 88.7 Å². The van der Waals surface area contributed by atoms with E-state index in [2.05, 4.69) is 6.07 Å². The third-order valence-corrected chi connectivity index (χ3v) is 2.38. The van der Waals surface area contributed by atoms with Gasteiger partial charge in [0.1, 0.15) is 0 Å². The normalized spacial score (nSPS) is 14.4. The molecule has 0 amide bonds. The van der Waals surface area contributed by atoms with Gasteiger partial charge in [-0.1, -0.05) is 23.7 Å². The molecule has 1 aromatic carbocycles. The Kier molecular flexibility index (Phi) is 3.51. The number of rotatable bonds is 3. The maximum Gasteiger partial charge on any atom is 0.0816 e. The van der Waals surface area contributed by atoms with Crippen LogP contribution in [0.15, 0.2) is 24.3 Å².